The van der Waals surface area contributed by atoms with Crippen LogP contribution in [0.3, 0.4) is 0 Å². The molecule has 2 amide bonds. The molecule has 0 bridgehead atoms. The fraction of sp³-hybridized carbons (Fsp3) is 0.412. The zero-order valence-electron chi connectivity index (χ0n) is 14.3. The molecule has 9 heteroatoms. The number of anilines is 3. The van der Waals surface area contributed by atoms with Crippen LogP contribution in [0.5, 0.6) is 0 Å². The molecule has 3 heterocycles. The molecule has 136 valence electrons. The number of benzene rings is 1. The normalized spacial score (nSPS) is 18.2. The van der Waals surface area contributed by atoms with Crippen molar-refractivity contribution < 1.29 is 9.59 Å². The summed E-state index contributed by atoms with van der Waals surface area (Å²) in [5.41, 5.74) is 6.54. The first-order chi connectivity index (χ1) is 12.6. The van der Waals surface area contributed by atoms with Crippen LogP contribution in [0.25, 0.3) is 0 Å². The van der Waals surface area contributed by atoms with Crippen molar-refractivity contribution in [1.29, 1.82) is 0 Å². The van der Waals surface area contributed by atoms with Gasteiger partial charge in [0.2, 0.25) is 17.8 Å². The summed E-state index contributed by atoms with van der Waals surface area (Å²) >= 11 is 0. The molecule has 2 aliphatic rings. The zero-order chi connectivity index (χ0) is 18.1. The molecule has 2 aliphatic heterocycles. The first-order valence-corrected chi connectivity index (χ1v) is 8.69. The van der Waals surface area contributed by atoms with Gasteiger partial charge in [0.1, 0.15) is 11.4 Å². The summed E-state index contributed by atoms with van der Waals surface area (Å²) in [6.45, 7) is 1.08. The third-order valence-electron chi connectivity index (χ3n) is 5.08. The van der Waals surface area contributed by atoms with Gasteiger partial charge in [-0.05, 0) is 25.0 Å². The van der Waals surface area contributed by atoms with Crippen LogP contribution in [-0.2, 0) is 16.0 Å². The molecule has 4 rings (SSSR count). The predicted molar refractivity (Wildman–Crippen MR) is 96.4 cm³/mol. The van der Waals surface area contributed by atoms with E-state index in [0.29, 0.717) is 44.6 Å². The van der Waals surface area contributed by atoms with Crippen LogP contribution in [0, 0.1) is 0 Å². The van der Waals surface area contributed by atoms with Crippen LogP contribution in [0.1, 0.15) is 25.1 Å². The number of hydrogen-bond donors (Lipinski definition) is 4. The second-order valence-corrected chi connectivity index (χ2v) is 6.73. The molecule has 0 atom stereocenters. The predicted octanol–water partition coefficient (Wildman–Crippen LogP) is 0.745. The summed E-state index contributed by atoms with van der Waals surface area (Å²) in [6, 6.07) is 7.66. The molecule has 9 nitrogen and oxygen atoms in total. The second-order valence-electron chi connectivity index (χ2n) is 6.73. The Kier molecular flexibility index (Phi) is 3.98. The van der Waals surface area contributed by atoms with E-state index in [1.807, 2.05) is 24.3 Å². The quantitative estimate of drug-likeness (QED) is 0.643. The van der Waals surface area contributed by atoms with Crippen LogP contribution in [0.15, 0.2) is 24.3 Å². The van der Waals surface area contributed by atoms with E-state index in [0.717, 1.165) is 11.4 Å². The first kappa shape index (κ1) is 16.4. The largest absolute Gasteiger partial charge is 0.369 e. The summed E-state index contributed by atoms with van der Waals surface area (Å²) in [7, 11) is 0. The van der Waals surface area contributed by atoms with E-state index in [1.54, 1.807) is 4.90 Å². The van der Waals surface area contributed by atoms with Crippen LogP contribution >= 0.6 is 0 Å². The van der Waals surface area contributed by atoms with Gasteiger partial charge in [0.25, 0.3) is 0 Å². The van der Waals surface area contributed by atoms with E-state index in [2.05, 4.69) is 25.8 Å². The number of nitrogens with two attached hydrogens (primary N) is 1. The molecule has 5 N–H and O–H groups in total. The Labute approximate surface area is 150 Å². The number of nitrogen functional groups attached to an aromatic ring is 1. The monoisotopic (exact) mass is 355 g/mol. The third kappa shape index (κ3) is 2.96. The van der Waals surface area contributed by atoms with Gasteiger partial charge in [-0.2, -0.15) is 4.98 Å². The summed E-state index contributed by atoms with van der Waals surface area (Å²) in [5, 5.41) is 12.8. The SMILES string of the molecule is Nc1n[nH]c(CCC(=O)N2CCC3(CC2)Nc2ccccc2NC3=O)n1. The Balaban J connectivity index is 1.36. The van der Waals surface area contributed by atoms with Crippen molar-refractivity contribution in [1.82, 2.24) is 20.1 Å². The fourth-order valence-corrected chi connectivity index (χ4v) is 3.55. The molecule has 1 spiro atoms. The number of para-hydroxylation sites is 2. The molecule has 1 aromatic carbocycles. The number of amides is 2. The van der Waals surface area contributed by atoms with E-state index in [-0.39, 0.29) is 17.8 Å². The Morgan fingerprint density at radius 1 is 1.23 bits per heavy atom. The number of piperidine rings is 1. The molecule has 1 fully saturated rings. The van der Waals surface area contributed by atoms with Gasteiger partial charge in [-0.3, -0.25) is 14.7 Å². The van der Waals surface area contributed by atoms with Gasteiger partial charge in [-0.15, -0.1) is 5.10 Å². The topological polar surface area (TPSA) is 129 Å². The first-order valence-electron chi connectivity index (χ1n) is 8.69. The minimum absolute atomic E-state index is 0.0274. The van der Waals surface area contributed by atoms with Crippen molar-refractivity contribution in [3.8, 4) is 0 Å². The van der Waals surface area contributed by atoms with Gasteiger partial charge >= 0.3 is 0 Å². The lowest BCUT2D eigenvalue weighted by atomic mass is 9.84. The zero-order valence-corrected chi connectivity index (χ0v) is 14.3. The number of carbonyl (C=O) groups excluding carboxylic acids is 2. The number of aromatic nitrogens is 3. The highest BCUT2D eigenvalue weighted by molar-refractivity contribution is 6.06. The molecule has 0 saturated carbocycles. The maximum atomic E-state index is 12.6. The van der Waals surface area contributed by atoms with Gasteiger partial charge in [0.05, 0.1) is 11.4 Å². The van der Waals surface area contributed by atoms with Crippen molar-refractivity contribution in [2.24, 2.45) is 0 Å². The summed E-state index contributed by atoms with van der Waals surface area (Å²) < 4.78 is 0. The number of fused-ring (bicyclic) bond motifs is 1. The molecular formula is C17H21N7O2. The fourth-order valence-electron chi connectivity index (χ4n) is 3.55. The van der Waals surface area contributed by atoms with E-state index in [9.17, 15) is 9.59 Å². The Morgan fingerprint density at radius 2 is 1.96 bits per heavy atom. The maximum absolute atomic E-state index is 12.6. The summed E-state index contributed by atoms with van der Waals surface area (Å²) in [6.07, 6.45) is 1.96. The number of likely N-dealkylation sites (tertiary alicyclic amines) is 1. The lowest BCUT2D eigenvalue weighted by Gasteiger charge is -2.44. The van der Waals surface area contributed by atoms with Crippen molar-refractivity contribution in [3.05, 3.63) is 30.1 Å². The number of nitrogens with zero attached hydrogens (tertiary/aromatic N) is 3. The number of H-pyrrole nitrogens is 1. The minimum atomic E-state index is -0.648. The van der Waals surface area contributed by atoms with Gasteiger partial charge < -0.3 is 21.3 Å². The molecule has 0 aliphatic carbocycles. The van der Waals surface area contributed by atoms with Crippen molar-refractivity contribution in [3.63, 3.8) is 0 Å². The molecule has 0 unspecified atom stereocenters. The Morgan fingerprint density at radius 3 is 2.65 bits per heavy atom. The average molecular weight is 355 g/mol. The highest BCUT2D eigenvalue weighted by Crippen LogP contribution is 2.36. The average Bonchev–Trinajstić information content (AvgIpc) is 3.07. The second kappa shape index (κ2) is 6.32. The molecule has 26 heavy (non-hydrogen) atoms. The van der Waals surface area contributed by atoms with Crippen molar-refractivity contribution in [2.45, 2.75) is 31.2 Å². The van der Waals surface area contributed by atoms with Gasteiger partial charge in [-0.1, -0.05) is 12.1 Å². The number of aryl methyl sites for hydroxylation is 1. The Bertz CT molecular complexity index is 839. The standard InChI is InChI=1S/C17H21N7O2/c18-16-20-13(22-23-16)5-6-14(25)24-9-7-17(8-10-24)15(26)19-11-3-1-2-4-12(11)21-17/h1-4,21H,5-10H2,(H,19,26)(H3,18,20,22,23). The molecule has 1 saturated heterocycles. The lowest BCUT2D eigenvalue weighted by molar-refractivity contribution is -0.134. The van der Waals surface area contributed by atoms with Gasteiger partial charge in [-0.25, -0.2) is 0 Å². The highest BCUT2D eigenvalue weighted by atomic mass is 16.2. The Hall–Kier alpha value is -3.10. The summed E-state index contributed by atoms with van der Waals surface area (Å²) in [5.74, 6) is 0.808. The van der Waals surface area contributed by atoms with E-state index < -0.39 is 5.54 Å². The van der Waals surface area contributed by atoms with E-state index >= 15 is 0 Å². The maximum Gasteiger partial charge on any atom is 0.250 e. The van der Waals surface area contributed by atoms with Crippen molar-refractivity contribution >= 4 is 29.1 Å². The third-order valence-corrected chi connectivity index (χ3v) is 5.08. The highest BCUT2D eigenvalue weighted by Gasteiger charge is 2.44. The number of hydrogen-bond acceptors (Lipinski definition) is 6. The summed E-state index contributed by atoms with van der Waals surface area (Å²) in [4.78, 5) is 30.9. The van der Waals surface area contributed by atoms with Crippen LogP contribution < -0.4 is 16.4 Å². The molecular weight excluding hydrogens is 334 g/mol. The van der Waals surface area contributed by atoms with E-state index in [4.69, 9.17) is 5.73 Å². The van der Waals surface area contributed by atoms with Crippen LogP contribution in [-0.4, -0.2) is 50.5 Å². The lowest BCUT2D eigenvalue weighted by Crippen LogP contribution is -2.59. The molecule has 0 radical (unpaired) electrons. The van der Waals surface area contributed by atoms with E-state index in [1.165, 1.54) is 0 Å². The number of nitrogens with one attached hydrogen (secondary N) is 3. The van der Waals surface area contributed by atoms with Gasteiger partial charge in [0.15, 0.2) is 0 Å². The smallest absolute Gasteiger partial charge is 0.250 e. The molecule has 2 aromatic rings. The van der Waals surface area contributed by atoms with Gasteiger partial charge in [0, 0.05) is 25.9 Å². The number of aromatic amines is 1. The van der Waals surface area contributed by atoms with Crippen LogP contribution in [0.4, 0.5) is 17.3 Å². The molecule has 1 aromatic heterocycles. The van der Waals surface area contributed by atoms with Crippen LogP contribution in [0.2, 0.25) is 0 Å². The minimum Gasteiger partial charge on any atom is -0.369 e. The van der Waals surface area contributed by atoms with Crippen molar-refractivity contribution in [2.75, 3.05) is 29.5 Å². The number of carbonyl (C=O) groups is 2. The number of rotatable bonds is 3.